The lowest BCUT2D eigenvalue weighted by Crippen LogP contribution is -2.18. The molecule has 0 amide bonds. The van der Waals surface area contributed by atoms with Crippen molar-refractivity contribution >= 4 is 10.9 Å². The highest BCUT2D eigenvalue weighted by molar-refractivity contribution is 7.95. The van der Waals surface area contributed by atoms with Crippen LogP contribution in [0.1, 0.15) is 109 Å². The van der Waals surface area contributed by atoms with E-state index in [1.54, 1.807) is 0 Å². The summed E-state index contributed by atoms with van der Waals surface area (Å²) in [5.74, 6) is 1.45. The zero-order valence-corrected chi connectivity index (χ0v) is 17.6. The molecule has 1 unspecified atom stereocenters. The van der Waals surface area contributed by atoms with E-state index in [1.807, 2.05) is 0 Å². The summed E-state index contributed by atoms with van der Waals surface area (Å²) in [7, 11) is 0.661. The van der Waals surface area contributed by atoms with E-state index in [4.69, 9.17) is 4.74 Å². The van der Waals surface area contributed by atoms with Crippen molar-refractivity contribution < 1.29 is 4.74 Å². The van der Waals surface area contributed by atoms with Crippen molar-refractivity contribution in [1.29, 1.82) is 0 Å². The maximum absolute atomic E-state index is 5.80. The number of hydrogen-bond donors (Lipinski definition) is 0. The molecule has 24 heavy (non-hydrogen) atoms. The first kappa shape index (κ1) is 22.4. The molecule has 1 rings (SSSR count). The van der Waals surface area contributed by atoms with Crippen LogP contribution >= 0.6 is 0 Å². The largest absolute Gasteiger partial charge is 0.378 e. The van der Waals surface area contributed by atoms with Crippen LogP contribution < -0.4 is 0 Å². The zero-order chi connectivity index (χ0) is 17.3. The molecule has 0 bridgehead atoms. The first-order chi connectivity index (χ1) is 11.8. The van der Waals surface area contributed by atoms with Crippen LogP contribution in [0.5, 0.6) is 0 Å². The quantitative estimate of drug-likeness (QED) is 0.216. The SMILES string of the molecule is C[S+](C)CCCCCCCCCCCCCCCC1CCCCO1. The molecule has 0 aromatic heterocycles. The highest BCUT2D eigenvalue weighted by Gasteiger charge is 2.12. The molecular weight excluding hydrogens is 312 g/mol. The van der Waals surface area contributed by atoms with E-state index in [1.165, 1.54) is 115 Å². The van der Waals surface area contributed by atoms with Crippen LogP contribution in [0.15, 0.2) is 0 Å². The molecule has 0 spiro atoms. The summed E-state index contributed by atoms with van der Waals surface area (Å²) in [6.45, 7) is 1.02. The monoisotopic (exact) mass is 357 g/mol. The summed E-state index contributed by atoms with van der Waals surface area (Å²) in [5, 5.41) is 0. The van der Waals surface area contributed by atoms with Crippen molar-refractivity contribution in [2.45, 2.75) is 115 Å². The van der Waals surface area contributed by atoms with Crippen molar-refractivity contribution in [3.8, 4) is 0 Å². The van der Waals surface area contributed by atoms with Crippen molar-refractivity contribution in [3.05, 3.63) is 0 Å². The molecule has 144 valence electrons. The summed E-state index contributed by atoms with van der Waals surface area (Å²) in [5.41, 5.74) is 0. The van der Waals surface area contributed by atoms with Gasteiger partial charge in [0.25, 0.3) is 0 Å². The minimum atomic E-state index is 0.601. The number of hydrogen-bond acceptors (Lipinski definition) is 1. The molecular formula is C22H45OS+. The van der Waals surface area contributed by atoms with Gasteiger partial charge in [-0.05, 0) is 49.4 Å². The Morgan fingerprint density at radius 2 is 1.17 bits per heavy atom. The van der Waals surface area contributed by atoms with Gasteiger partial charge in [0.1, 0.15) is 5.75 Å². The maximum Gasteiger partial charge on any atom is 0.107 e. The lowest BCUT2D eigenvalue weighted by molar-refractivity contribution is 0.00977. The van der Waals surface area contributed by atoms with Gasteiger partial charge in [-0.3, -0.25) is 0 Å². The molecule has 1 atom stereocenters. The zero-order valence-electron chi connectivity index (χ0n) is 16.8. The molecule has 0 N–H and O–H groups in total. The van der Waals surface area contributed by atoms with Gasteiger partial charge in [-0.2, -0.15) is 0 Å². The van der Waals surface area contributed by atoms with Gasteiger partial charge in [0.15, 0.2) is 0 Å². The van der Waals surface area contributed by atoms with Crippen LogP contribution in [0.3, 0.4) is 0 Å². The Kier molecular flexibility index (Phi) is 15.6. The first-order valence-electron chi connectivity index (χ1n) is 10.9. The van der Waals surface area contributed by atoms with E-state index in [0.29, 0.717) is 17.0 Å². The van der Waals surface area contributed by atoms with Crippen LogP contribution in [0.4, 0.5) is 0 Å². The van der Waals surface area contributed by atoms with Crippen LogP contribution in [0.25, 0.3) is 0 Å². The van der Waals surface area contributed by atoms with E-state index in [2.05, 4.69) is 12.5 Å². The van der Waals surface area contributed by atoms with Gasteiger partial charge in [-0.1, -0.05) is 70.6 Å². The summed E-state index contributed by atoms with van der Waals surface area (Å²) < 4.78 is 5.80. The fourth-order valence-electron chi connectivity index (χ4n) is 3.74. The molecule has 1 aliphatic rings. The second-order valence-electron chi connectivity index (χ2n) is 8.06. The minimum absolute atomic E-state index is 0.601. The third-order valence-corrected chi connectivity index (χ3v) is 6.46. The van der Waals surface area contributed by atoms with E-state index in [-0.39, 0.29) is 0 Å². The number of unbranched alkanes of at least 4 members (excludes halogenated alkanes) is 12. The maximum atomic E-state index is 5.80. The van der Waals surface area contributed by atoms with E-state index in [0.717, 1.165) is 6.61 Å². The summed E-state index contributed by atoms with van der Waals surface area (Å²) in [6, 6.07) is 0. The van der Waals surface area contributed by atoms with Gasteiger partial charge in [0.2, 0.25) is 0 Å². The van der Waals surface area contributed by atoms with Crippen LogP contribution in [0, 0.1) is 0 Å². The molecule has 0 saturated carbocycles. The Morgan fingerprint density at radius 3 is 1.62 bits per heavy atom. The molecule has 0 aliphatic carbocycles. The molecule has 1 fully saturated rings. The first-order valence-corrected chi connectivity index (χ1v) is 13.2. The highest BCUT2D eigenvalue weighted by Crippen LogP contribution is 2.19. The van der Waals surface area contributed by atoms with Crippen LogP contribution in [0.2, 0.25) is 0 Å². The molecule has 2 heteroatoms. The normalized spacial score (nSPS) is 18.4. The molecule has 1 nitrogen and oxygen atoms in total. The standard InChI is InChI=1S/C22H45OS/c1-24(2)21-17-13-11-9-7-5-3-4-6-8-10-12-14-18-22-19-15-16-20-23-22/h22H,3-21H2,1-2H3/q+1. The average molecular weight is 358 g/mol. The summed E-state index contributed by atoms with van der Waals surface area (Å²) in [4.78, 5) is 0. The smallest absolute Gasteiger partial charge is 0.107 e. The van der Waals surface area contributed by atoms with Gasteiger partial charge >= 0.3 is 0 Å². The van der Waals surface area contributed by atoms with Crippen LogP contribution in [-0.2, 0) is 15.6 Å². The highest BCUT2D eigenvalue weighted by atomic mass is 32.2. The Hall–Kier alpha value is 0.310. The Morgan fingerprint density at radius 1 is 0.667 bits per heavy atom. The third kappa shape index (κ3) is 14.6. The summed E-state index contributed by atoms with van der Waals surface area (Å²) in [6.07, 6.45) is 29.6. The van der Waals surface area contributed by atoms with Gasteiger partial charge in [0, 0.05) is 6.61 Å². The Balaban J connectivity index is 1.67. The minimum Gasteiger partial charge on any atom is -0.378 e. The van der Waals surface area contributed by atoms with Gasteiger partial charge < -0.3 is 4.74 Å². The lowest BCUT2D eigenvalue weighted by atomic mass is 10.0. The van der Waals surface area contributed by atoms with E-state index in [9.17, 15) is 0 Å². The van der Waals surface area contributed by atoms with E-state index >= 15 is 0 Å². The third-order valence-electron chi connectivity index (χ3n) is 5.35. The fraction of sp³-hybridized carbons (Fsp3) is 1.00. The Labute approximate surface area is 156 Å². The molecule has 1 saturated heterocycles. The van der Waals surface area contributed by atoms with Gasteiger partial charge in [-0.25, -0.2) is 0 Å². The van der Waals surface area contributed by atoms with Crippen molar-refractivity contribution in [2.24, 2.45) is 0 Å². The van der Waals surface area contributed by atoms with Crippen molar-refractivity contribution in [1.82, 2.24) is 0 Å². The predicted molar refractivity (Wildman–Crippen MR) is 112 cm³/mol. The molecule has 1 aliphatic heterocycles. The van der Waals surface area contributed by atoms with Gasteiger partial charge in [-0.15, -0.1) is 0 Å². The molecule has 0 aromatic carbocycles. The fourth-order valence-corrected chi connectivity index (χ4v) is 4.52. The number of rotatable bonds is 16. The average Bonchev–Trinajstić information content (AvgIpc) is 2.59. The topological polar surface area (TPSA) is 9.23 Å². The molecule has 1 heterocycles. The predicted octanol–water partition coefficient (Wildman–Crippen LogP) is 6.89. The Bertz CT molecular complexity index is 248. The van der Waals surface area contributed by atoms with Crippen LogP contribution in [-0.4, -0.2) is 31.0 Å². The van der Waals surface area contributed by atoms with E-state index < -0.39 is 0 Å². The van der Waals surface area contributed by atoms with Crippen molar-refractivity contribution in [3.63, 3.8) is 0 Å². The summed E-state index contributed by atoms with van der Waals surface area (Å²) >= 11 is 0. The molecule has 0 aromatic rings. The number of ether oxygens (including phenoxy) is 1. The lowest BCUT2D eigenvalue weighted by Gasteiger charge is -2.22. The second kappa shape index (κ2) is 16.8. The molecule has 0 radical (unpaired) electrons. The van der Waals surface area contributed by atoms with Gasteiger partial charge in [0.05, 0.1) is 18.6 Å². The second-order valence-corrected chi connectivity index (χ2v) is 10.4. The van der Waals surface area contributed by atoms with Crippen molar-refractivity contribution in [2.75, 3.05) is 24.9 Å².